The quantitative estimate of drug-likeness (QED) is 0.273. The first kappa shape index (κ1) is 12.5. The third-order valence-electron chi connectivity index (χ3n) is 1.65. The zero-order valence-corrected chi connectivity index (χ0v) is 9.19. The predicted molar refractivity (Wildman–Crippen MR) is 58.5 cm³/mol. The molecule has 0 aliphatic rings. The van der Waals surface area contributed by atoms with Gasteiger partial charge in [0.1, 0.15) is 0 Å². The maximum Gasteiger partial charge on any atom is 0.152 e. The first-order chi connectivity index (χ1) is 6.20. The molecule has 0 bridgehead atoms. The molecule has 0 heterocycles. The van der Waals surface area contributed by atoms with Crippen LogP contribution in [0.3, 0.4) is 0 Å². The molecule has 0 aromatic carbocycles. The van der Waals surface area contributed by atoms with E-state index in [0.29, 0.717) is 0 Å². The Kier molecular flexibility index (Phi) is 7.86. The molecule has 2 nitrogen and oxygen atoms in total. The van der Waals surface area contributed by atoms with Crippen LogP contribution < -0.4 is 0 Å². The average molecular weight is 200 g/mol. The van der Waals surface area contributed by atoms with E-state index in [9.17, 15) is 4.79 Å². The van der Waals surface area contributed by atoms with Crippen LogP contribution in [0.5, 0.6) is 0 Å². The van der Waals surface area contributed by atoms with Gasteiger partial charge in [0.15, 0.2) is 5.78 Å². The minimum atomic E-state index is 0.0996. The molecule has 0 saturated heterocycles. The monoisotopic (exact) mass is 200 g/mol. The maximum atomic E-state index is 10.5. The molecule has 0 aromatic heterocycles. The van der Waals surface area contributed by atoms with Crippen molar-refractivity contribution in [3.05, 3.63) is 24.8 Å². The lowest BCUT2D eigenvalue weighted by atomic mass is 10.1. The summed E-state index contributed by atoms with van der Waals surface area (Å²) in [6.45, 7) is 5.20. The summed E-state index contributed by atoms with van der Waals surface area (Å²) in [4.78, 5) is 10.5. The first-order valence-electron chi connectivity index (χ1n) is 4.36. The van der Waals surface area contributed by atoms with Gasteiger partial charge in [-0.15, -0.1) is 6.58 Å². The number of hydrogen-bond donors (Lipinski definition) is 0. The Morgan fingerprint density at radius 1 is 1.69 bits per heavy atom. The SMILES string of the molecule is C=C[C@@H](CCC/C=C/C(C)=O)OP. The van der Waals surface area contributed by atoms with E-state index in [1.54, 1.807) is 19.1 Å². The lowest BCUT2D eigenvalue weighted by Gasteiger charge is -2.07. The van der Waals surface area contributed by atoms with Crippen LogP contribution in [0.25, 0.3) is 0 Å². The van der Waals surface area contributed by atoms with Gasteiger partial charge in [0.05, 0.1) is 6.10 Å². The van der Waals surface area contributed by atoms with Gasteiger partial charge in [-0.1, -0.05) is 12.2 Å². The fourth-order valence-corrected chi connectivity index (χ4v) is 1.17. The molecule has 0 spiro atoms. The highest BCUT2D eigenvalue weighted by Gasteiger charge is 1.99. The normalized spacial score (nSPS) is 13.1. The van der Waals surface area contributed by atoms with Gasteiger partial charge in [0.25, 0.3) is 0 Å². The molecule has 0 fully saturated rings. The molecule has 0 aliphatic heterocycles. The summed E-state index contributed by atoms with van der Waals surface area (Å²) in [5.41, 5.74) is 0. The van der Waals surface area contributed by atoms with E-state index in [1.807, 2.05) is 6.08 Å². The van der Waals surface area contributed by atoms with Crippen molar-refractivity contribution in [1.82, 2.24) is 0 Å². The van der Waals surface area contributed by atoms with Crippen molar-refractivity contribution in [3.8, 4) is 0 Å². The molecule has 3 heteroatoms. The molecule has 0 radical (unpaired) electrons. The van der Waals surface area contributed by atoms with Crippen molar-refractivity contribution >= 4 is 15.2 Å². The van der Waals surface area contributed by atoms with Crippen LogP contribution >= 0.6 is 9.47 Å². The minimum absolute atomic E-state index is 0.0996. The lowest BCUT2D eigenvalue weighted by molar-refractivity contribution is -0.112. The maximum absolute atomic E-state index is 10.5. The van der Waals surface area contributed by atoms with Gasteiger partial charge in [0, 0.05) is 9.47 Å². The van der Waals surface area contributed by atoms with Gasteiger partial charge >= 0.3 is 0 Å². The largest absolute Gasteiger partial charge is 0.358 e. The molecule has 0 saturated carbocycles. The van der Waals surface area contributed by atoms with Crippen LogP contribution in [-0.2, 0) is 9.32 Å². The predicted octanol–water partition coefficient (Wildman–Crippen LogP) is 2.66. The molecule has 0 rings (SSSR count). The number of allylic oxidation sites excluding steroid dienone is 2. The van der Waals surface area contributed by atoms with Crippen LogP contribution in [0, 0.1) is 0 Å². The third-order valence-corrected chi connectivity index (χ3v) is 2.00. The summed E-state index contributed by atoms with van der Waals surface area (Å²) in [6, 6.07) is 0. The number of unbranched alkanes of at least 4 members (excludes halogenated alkanes) is 1. The van der Waals surface area contributed by atoms with E-state index < -0.39 is 0 Å². The molecule has 74 valence electrons. The van der Waals surface area contributed by atoms with Gasteiger partial charge in [0.2, 0.25) is 0 Å². The van der Waals surface area contributed by atoms with Crippen molar-refractivity contribution in [3.63, 3.8) is 0 Å². The van der Waals surface area contributed by atoms with Crippen molar-refractivity contribution in [2.45, 2.75) is 32.3 Å². The highest BCUT2D eigenvalue weighted by Crippen LogP contribution is 2.09. The van der Waals surface area contributed by atoms with Gasteiger partial charge in [-0.2, -0.15) is 0 Å². The first-order valence-corrected chi connectivity index (χ1v) is 4.83. The summed E-state index contributed by atoms with van der Waals surface area (Å²) in [7, 11) is 2.23. The fourth-order valence-electron chi connectivity index (χ4n) is 0.928. The van der Waals surface area contributed by atoms with E-state index in [4.69, 9.17) is 4.52 Å². The summed E-state index contributed by atoms with van der Waals surface area (Å²) in [5.74, 6) is 0.0996. The lowest BCUT2D eigenvalue weighted by Crippen LogP contribution is -2.01. The minimum Gasteiger partial charge on any atom is -0.358 e. The zero-order chi connectivity index (χ0) is 10.1. The molecule has 0 aromatic rings. The standard InChI is InChI=1S/C10H17O2P/c1-3-10(12-13)8-6-4-5-7-9(2)11/h3,5,7,10H,1,4,6,8,13H2,2H3/b7-5+/t10-/m0/s1. The van der Waals surface area contributed by atoms with Crippen molar-refractivity contribution in [2.24, 2.45) is 0 Å². The van der Waals surface area contributed by atoms with Crippen LogP contribution in [0.4, 0.5) is 0 Å². The number of carbonyl (C=O) groups excluding carboxylic acids is 1. The van der Waals surface area contributed by atoms with E-state index in [0.717, 1.165) is 19.3 Å². The number of ketones is 1. The van der Waals surface area contributed by atoms with Gasteiger partial charge < -0.3 is 4.52 Å². The second kappa shape index (κ2) is 8.15. The molecule has 0 aliphatic carbocycles. The zero-order valence-electron chi connectivity index (χ0n) is 8.03. The van der Waals surface area contributed by atoms with E-state index in [2.05, 4.69) is 16.0 Å². The second-order valence-electron chi connectivity index (χ2n) is 2.85. The topological polar surface area (TPSA) is 26.3 Å². The molecule has 13 heavy (non-hydrogen) atoms. The smallest absolute Gasteiger partial charge is 0.152 e. The van der Waals surface area contributed by atoms with Gasteiger partial charge in [-0.25, -0.2) is 0 Å². The average Bonchev–Trinajstić information content (AvgIpc) is 2.11. The van der Waals surface area contributed by atoms with Crippen LogP contribution in [0.2, 0.25) is 0 Å². The Bertz CT molecular complexity index is 187. The fraction of sp³-hybridized carbons (Fsp3) is 0.500. The highest BCUT2D eigenvalue weighted by molar-refractivity contribution is 7.09. The molecule has 1 unspecified atom stereocenters. The highest BCUT2D eigenvalue weighted by atomic mass is 31.0. The van der Waals surface area contributed by atoms with E-state index >= 15 is 0 Å². The summed E-state index contributed by atoms with van der Waals surface area (Å²) >= 11 is 0. The van der Waals surface area contributed by atoms with Gasteiger partial charge in [-0.05, 0) is 32.3 Å². The third kappa shape index (κ3) is 7.89. The number of carbonyl (C=O) groups is 1. The molecule has 2 atom stereocenters. The van der Waals surface area contributed by atoms with Crippen molar-refractivity contribution < 1.29 is 9.32 Å². The van der Waals surface area contributed by atoms with Crippen LogP contribution in [0.1, 0.15) is 26.2 Å². The van der Waals surface area contributed by atoms with Crippen LogP contribution in [-0.4, -0.2) is 11.9 Å². The number of rotatable bonds is 7. The molecular formula is C10H17O2P. The Labute approximate surface area is 82.3 Å². The summed E-state index contributed by atoms with van der Waals surface area (Å²) in [6.07, 6.45) is 8.25. The van der Waals surface area contributed by atoms with Crippen LogP contribution in [0.15, 0.2) is 24.8 Å². The summed E-state index contributed by atoms with van der Waals surface area (Å²) < 4.78 is 5.03. The Morgan fingerprint density at radius 2 is 2.38 bits per heavy atom. The van der Waals surface area contributed by atoms with E-state index in [1.165, 1.54) is 0 Å². The molecular weight excluding hydrogens is 183 g/mol. The Hall–Kier alpha value is -0.460. The molecule has 0 amide bonds. The van der Waals surface area contributed by atoms with E-state index in [-0.39, 0.29) is 11.9 Å². The van der Waals surface area contributed by atoms with Gasteiger partial charge in [-0.3, -0.25) is 4.79 Å². The molecule has 0 N–H and O–H groups in total. The Morgan fingerprint density at radius 3 is 2.85 bits per heavy atom. The number of hydrogen-bond acceptors (Lipinski definition) is 2. The van der Waals surface area contributed by atoms with Crippen molar-refractivity contribution in [1.29, 1.82) is 0 Å². The summed E-state index contributed by atoms with van der Waals surface area (Å²) in [5, 5.41) is 0. The Balaban J connectivity index is 3.44. The van der Waals surface area contributed by atoms with Crippen molar-refractivity contribution in [2.75, 3.05) is 0 Å². The second-order valence-corrected chi connectivity index (χ2v) is 3.13.